The largest absolute Gasteiger partial charge is 0.460 e. The number of aliphatic hydroxyl groups excluding tert-OH is 1. The molecule has 3 aliphatic heterocycles. The number of esters is 1. The van der Waals surface area contributed by atoms with Gasteiger partial charge in [-0.2, -0.15) is 0 Å². The minimum Gasteiger partial charge on any atom is -0.460 e. The van der Waals surface area contributed by atoms with E-state index < -0.39 is 16.8 Å². The molecule has 0 aromatic heterocycles. The molecule has 16 heteroatoms. The van der Waals surface area contributed by atoms with Gasteiger partial charge in [-0.05, 0) is 101 Å². The van der Waals surface area contributed by atoms with Crippen molar-refractivity contribution in [1.82, 2.24) is 15.1 Å². The van der Waals surface area contributed by atoms with Gasteiger partial charge >= 0.3 is 18.2 Å². The fraction of sp³-hybridized carbons (Fsp3) is 0.829. The summed E-state index contributed by atoms with van der Waals surface area (Å²) in [4.78, 5) is 37.7. The summed E-state index contributed by atoms with van der Waals surface area (Å²) in [7, 11) is 0. The summed E-state index contributed by atoms with van der Waals surface area (Å²) < 4.78 is 31.4. The second-order valence-electron chi connectivity index (χ2n) is 15.5. The fourth-order valence-corrected chi connectivity index (χ4v) is 4.40. The number of nitrogens with one attached hydrogen (secondary N) is 1. The van der Waals surface area contributed by atoms with E-state index in [1.807, 2.05) is 86.6 Å². The molecular formula is C41H80Cl3N3O10. The maximum absolute atomic E-state index is 11.7. The van der Waals surface area contributed by atoms with Crippen molar-refractivity contribution in [3.63, 3.8) is 0 Å². The number of aliphatic hydroxyl groups is 1. The van der Waals surface area contributed by atoms with Crippen LogP contribution >= 0.6 is 35.6 Å². The Hall–Kier alpha value is -1.84. The van der Waals surface area contributed by atoms with Crippen LogP contribution in [0.4, 0.5) is 9.59 Å². The van der Waals surface area contributed by atoms with Gasteiger partial charge in [-0.15, -0.1) is 35.6 Å². The van der Waals surface area contributed by atoms with E-state index in [1.165, 1.54) is 19.4 Å². The standard InChI is InChI=1S/C11H21NO3.C11H19NO3.C8H16O3.C6H13NO.C4H6Cl2.CH4.ClH/c2*1-11(2,3)15-10(13)12-6-4-5-8-14-9-7-12;1-8(2,3)11-7(10)5-4-6-9;1-2-5-8-6-4-7-3-1;5-3-1-2-4-6;;/h4-9H2,1-3H3;4-5H,6-9H2,1-3H3;9H,4-6H2,1-3H3;7H,1-6H2;1-2H,3-4H2;1H4;1H/b;5-4-;;;2-1-;;. The van der Waals surface area contributed by atoms with Crippen LogP contribution < -0.4 is 5.32 Å². The third-order valence-corrected chi connectivity index (χ3v) is 6.96. The van der Waals surface area contributed by atoms with Crippen molar-refractivity contribution in [1.29, 1.82) is 0 Å². The molecule has 3 heterocycles. The predicted octanol–water partition coefficient (Wildman–Crippen LogP) is 8.41. The van der Waals surface area contributed by atoms with Crippen LogP contribution in [0.5, 0.6) is 0 Å². The molecule has 0 aromatic carbocycles. The van der Waals surface area contributed by atoms with Gasteiger partial charge < -0.3 is 48.6 Å². The average Bonchev–Trinajstić information content (AvgIpc) is 3.01. The summed E-state index contributed by atoms with van der Waals surface area (Å²) in [5.74, 6) is 0.881. The zero-order chi connectivity index (χ0) is 42.0. The smallest absolute Gasteiger partial charge is 0.410 e. The molecule has 0 radical (unpaired) electrons. The molecule has 3 rings (SSSR count). The summed E-state index contributed by atoms with van der Waals surface area (Å²) in [5.41, 5.74) is -1.27. The first-order valence-electron chi connectivity index (χ1n) is 19.5. The van der Waals surface area contributed by atoms with Gasteiger partial charge in [0.05, 0.1) is 26.4 Å². The van der Waals surface area contributed by atoms with Crippen molar-refractivity contribution < 1.29 is 47.9 Å². The zero-order valence-corrected chi connectivity index (χ0v) is 38.2. The van der Waals surface area contributed by atoms with Crippen LogP contribution in [0.3, 0.4) is 0 Å². The lowest BCUT2D eigenvalue weighted by Crippen LogP contribution is -2.40. The highest BCUT2D eigenvalue weighted by atomic mass is 35.5. The molecule has 2 saturated heterocycles. The number of amides is 2. The first-order chi connectivity index (χ1) is 25.8. The van der Waals surface area contributed by atoms with Crippen LogP contribution in [0, 0.1) is 0 Å². The third-order valence-electron chi connectivity index (χ3n) is 6.61. The number of halogens is 3. The van der Waals surface area contributed by atoms with E-state index in [-0.39, 0.29) is 44.6 Å². The van der Waals surface area contributed by atoms with Crippen molar-refractivity contribution in [3.8, 4) is 0 Å². The number of alkyl halides is 2. The first-order valence-corrected chi connectivity index (χ1v) is 20.6. The average molecular weight is 881 g/mol. The molecule has 0 saturated carbocycles. The van der Waals surface area contributed by atoms with Crippen molar-refractivity contribution >= 4 is 53.8 Å². The van der Waals surface area contributed by atoms with E-state index in [1.54, 1.807) is 9.80 Å². The number of allylic oxidation sites excluding steroid dienone is 2. The molecule has 3 aliphatic rings. The molecule has 0 bridgehead atoms. The molecule has 0 unspecified atom stereocenters. The van der Waals surface area contributed by atoms with Crippen LogP contribution in [0.2, 0.25) is 0 Å². The van der Waals surface area contributed by atoms with Crippen LogP contribution in [0.25, 0.3) is 0 Å². The molecule has 2 amide bonds. The van der Waals surface area contributed by atoms with E-state index in [0.717, 1.165) is 45.8 Å². The topological polar surface area (TPSA) is 145 Å². The summed E-state index contributed by atoms with van der Waals surface area (Å²) >= 11 is 10.5. The molecule has 0 spiro atoms. The van der Waals surface area contributed by atoms with Crippen LogP contribution in [-0.4, -0.2) is 147 Å². The molecule has 0 atom stereocenters. The van der Waals surface area contributed by atoms with Crippen LogP contribution in [0.1, 0.15) is 108 Å². The lowest BCUT2D eigenvalue weighted by atomic mass is 10.2. The highest BCUT2D eigenvalue weighted by molar-refractivity contribution is 6.20. The molecular weight excluding hydrogens is 801 g/mol. The maximum Gasteiger partial charge on any atom is 0.410 e. The highest BCUT2D eigenvalue weighted by Gasteiger charge is 2.23. The summed E-state index contributed by atoms with van der Waals surface area (Å²) in [6.07, 6.45) is 12.2. The lowest BCUT2D eigenvalue weighted by molar-refractivity contribution is -0.155. The molecule has 57 heavy (non-hydrogen) atoms. The van der Waals surface area contributed by atoms with E-state index in [2.05, 4.69) is 5.32 Å². The lowest BCUT2D eigenvalue weighted by Gasteiger charge is -2.28. The van der Waals surface area contributed by atoms with Gasteiger partial charge in [-0.3, -0.25) is 4.79 Å². The number of hydrogen-bond acceptors (Lipinski definition) is 11. The van der Waals surface area contributed by atoms with E-state index in [9.17, 15) is 14.4 Å². The Morgan fingerprint density at radius 1 is 0.684 bits per heavy atom. The minimum atomic E-state index is -0.440. The monoisotopic (exact) mass is 879 g/mol. The molecule has 2 fully saturated rings. The Labute approximate surface area is 362 Å². The van der Waals surface area contributed by atoms with Crippen molar-refractivity contribution in [2.24, 2.45) is 0 Å². The van der Waals surface area contributed by atoms with E-state index in [4.69, 9.17) is 56.7 Å². The number of ether oxygens (including phenoxy) is 6. The zero-order valence-electron chi connectivity index (χ0n) is 35.8. The number of carbonyl (C=O) groups is 3. The number of nitrogens with zero attached hydrogens (tertiary/aromatic N) is 2. The molecule has 340 valence electrons. The van der Waals surface area contributed by atoms with Gasteiger partial charge in [0.15, 0.2) is 0 Å². The quantitative estimate of drug-likeness (QED) is 0.119. The minimum absolute atomic E-state index is 0. The van der Waals surface area contributed by atoms with E-state index in [0.29, 0.717) is 64.1 Å². The predicted molar refractivity (Wildman–Crippen MR) is 235 cm³/mol. The Morgan fingerprint density at radius 3 is 1.74 bits per heavy atom. The summed E-state index contributed by atoms with van der Waals surface area (Å²) in [6, 6.07) is 0. The normalized spacial score (nSPS) is 17.1. The summed E-state index contributed by atoms with van der Waals surface area (Å²) in [6.45, 7) is 26.0. The molecule has 2 N–H and O–H groups in total. The van der Waals surface area contributed by atoms with Gasteiger partial charge in [-0.1, -0.05) is 31.7 Å². The van der Waals surface area contributed by atoms with Gasteiger partial charge in [0.25, 0.3) is 0 Å². The van der Waals surface area contributed by atoms with Gasteiger partial charge in [-0.25, -0.2) is 9.59 Å². The highest BCUT2D eigenvalue weighted by Crippen LogP contribution is 2.12. The molecule has 0 aromatic rings. The molecule has 0 aliphatic carbocycles. The van der Waals surface area contributed by atoms with Gasteiger partial charge in [0, 0.05) is 70.7 Å². The fourth-order valence-electron chi connectivity index (χ4n) is 4.15. The molecule has 13 nitrogen and oxygen atoms in total. The van der Waals surface area contributed by atoms with Gasteiger partial charge in [0.2, 0.25) is 0 Å². The second kappa shape index (κ2) is 38.4. The second-order valence-corrected chi connectivity index (χ2v) is 16.1. The van der Waals surface area contributed by atoms with Crippen molar-refractivity contribution in [3.05, 3.63) is 24.3 Å². The third kappa shape index (κ3) is 46.7. The van der Waals surface area contributed by atoms with E-state index >= 15 is 0 Å². The Balaban J connectivity index is -0.000000316. The van der Waals surface area contributed by atoms with Crippen LogP contribution in [0.15, 0.2) is 24.3 Å². The van der Waals surface area contributed by atoms with Crippen LogP contribution in [-0.2, 0) is 33.2 Å². The van der Waals surface area contributed by atoms with Gasteiger partial charge in [0.1, 0.15) is 16.8 Å². The first kappa shape index (κ1) is 61.8. The number of rotatable bonds is 5. The summed E-state index contributed by atoms with van der Waals surface area (Å²) in [5, 5.41) is 11.7. The number of carbonyl (C=O) groups excluding carboxylic acids is 3. The Kier molecular flexibility index (Phi) is 41.6. The van der Waals surface area contributed by atoms with Crippen molar-refractivity contribution in [2.45, 2.75) is 125 Å². The SMILES string of the molecule is C.C1CCOCCNC1.CC(C)(C)OC(=O)CCCO.CC(C)(C)OC(=O)N1C/C=C\COCC1.CC(C)(C)OC(=O)N1CCCCOCC1.Cl.ClC/C=C\CCl. The Bertz CT molecular complexity index is 995. The maximum atomic E-state index is 11.7. The van der Waals surface area contributed by atoms with Crippen molar-refractivity contribution in [2.75, 3.05) is 97.3 Å². The number of hydrogen-bond donors (Lipinski definition) is 2. The Morgan fingerprint density at radius 2 is 1.19 bits per heavy atom.